The minimum atomic E-state index is -0.333. The number of benzene rings is 3. The van der Waals surface area contributed by atoms with Crippen molar-refractivity contribution >= 4 is 6.79 Å². The third-order valence-electron chi connectivity index (χ3n) is 14.8. The van der Waals surface area contributed by atoms with E-state index in [2.05, 4.69) is 104 Å². The fourth-order valence-electron chi connectivity index (χ4n) is 5.80. The third-order valence-corrected chi connectivity index (χ3v) is 14.8. The summed E-state index contributed by atoms with van der Waals surface area (Å²) in [4.78, 5) is 8.00. The van der Waals surface area contributed by atoms with Crippen molar-refractivity contribution in [2.24, 2.45) is 28.1 Å². The number of carbonyl (C=O) groups is 1. The highest BCUT2D eigenvalue weighted by Gasteiger charge is 2.29. The number of allylic oxidation sites excluding steroid dienone is 3. The van der Waals surface area contributed by atoms with Crippen molar-refractivity contribution in [1.82, 2.24) is 0 Å². The van der Waals surface area contributed by atoms with Gasteiger partial charge in [0.1, 0.15) is 79.4 Å². The molecule has 496 valence electrons. The van der Waals surface area contributed by atoms with Crippen LogP contribution in [-0.2, 0) is 14.3 Å². The summed E-state index contributed by atoms with van der Waals surface area (Å²) >= 11 is 0. The van der Waals surface area contributed by atoms with Crippen molar-refractivity contribution in [3.63, 3.8) is 0 Å². The first kappa shape index (κ1) is 91.4. The molecule has 10 heteroatoms. The van der Waals surface area contributed by atoms with E-state index >= 15 is 0 Å². The minimum absolute atomic E-state index is 0.0417. The standard InChI is InChI=1S/2C18H28O3.C18H28O2.C7H16O.C7H16.3C2H6.CH2O/c1-8-9-10-20-16-11-13(2)17(14(3)12-16)21-15(4)18(5,6)19-7;1-7-8-9-20-16-10-13(2)17(14(3)11-16)21-15(4)18(5,6)12-19;1-8-9-10-19-16-11-13(2)17(14(3)12-16)20-15(4)18(5,6)7;1-6(2)7(3,4)8-5;1-6(2)7(3,4)5;4*1-2/h8-9,11-12,15H,10H2,1-7H3;7-8,10-11,15,19H,9,12H2,1-6H3;8-9,11-12,15H,10H2,1-7H3;6H,1-5H3;6H,1-5H3;3*1-2H3;1H2/b9-8+;8-7+;9-8+;;;;;;. The predicted octanol–water partition coefficient (Wildman–Crippen LogP) is 21.2. The lowest BCUT2D eigenvalue weighted by atomic mass is 9.84. The van der Waals surface area contributed by atoms with E-state index in [9.17, 15) is 5.11 Å². The number of hydrogen-bond donors (Lipinski definition) is 1. The maximum Gasteiger partial charge on any atom is 0.125 e. The zero-order valence-electron chi connectivity index (χ0n) is 62.0. The SMILES string of the molecule is C/C=C/COc1cc(C)c(OC(C)C(C)(C)C)c(C)c1.C/C=C/COc1cc(C)c(OC(C)C(C)(C)CO)c(C)c1.C/C=C/COc1cc(C)c(OC(C)C(C)(C)OC)c(C)c1.C=O.CC.CC.CC.CC(C)C(C)(C)C.COC(C)(C)C(C)C. The summed E-state index contributed by atoms with van der Waals surface area (Å²) in [5, 5.41) is 9.44. The summed E-state index contributed by atoms with van der Waals surface area (Å²) in [6.07, 6.45) is 11.9. The van der Waals surface area contributed by atoms with Gasteiger partial charge in [0.2, 0.25) is 0 Å². The molecule has 3 unspecified atom stereocenters. The fourth-order valence-corrected chi connectivity index (χ4v) is 5.80. The molecule has 3 aromatic carbocycles. The van der Waals surface area contributed by atoms with Gasteiger partial charge in [0.15, 0.2) is 0 Å². The van der Waals surface area contributed by atoms with E-state index in [0.717, 1.165) is 73.8 Å². The van der Waals surface area contributed by atoms with E-state index < -0.39 is 0 Å². The Labute approximate surface area is 526 Å². The van der Waals surface area contributed by atoms with Crippen LogP contribution in [0.5, 0.6) is 34.5 Å². The molecule has 0 saturated carbocycles. The quantitative estimate of drug-likeness (QED) is 0.104. The molecule has 0 fully saturated rings. The lowest BCUT2D eigenvalue weighted by Crippen LogP contribution is -2.40. The topological polar surface area (TPSA) is 111 Å². The van der Waals surface area contributed by atoms with Crippen LogP contribution in [0.1, 0.15) is 227 Å². The van der Waals surface area contributed by atoms with E-state index in [1.54, 1.807) is 14.2 Å². The van der Waals surface area contributed by atoms with Crippen molar-refractivity contribution in [1.29, 1.82) is 0 Å². The molecule has 85 heavy (non-hydrogen) atoms. The number of aliphatic hydroxyl groups excluding tert-OH is 1. The summed E-state index contributed by atoms with van der Waals surface area (Å²) in [5.74, 6) is 6.77. The molecule has 1 N–H and O–H groups in total. The van der Waals surface area contributed by atoms with E-state index in [1.807, 2.05) is 211 Å². The molecule has 0 aliphatic heterocycles. The number of ether oxygens (including phenoxy) is 8. The molecule has 0 radical (unpaired) electrons. The lowest BCUT2D eigenvalue weighted by molar-refractivity contribution is -0.0980. The minimum Gasteiger partial charge on any atom is -0.490 e. The fraction of sp³-hybridized carbons (Fsp3) is 0.667. The molecule has 0 spiro atoms. The first-order valence-electron chi connectivity index (χ1n) is 31.4. The van der Waals surface area contributed by atoms with Crippen molar-refractivity contribution in [3.05, 3.63) is 106 Å². The zero-order valence-corrected chi connectivity index (χ0v) is 62.0. The summed E-state index contributed by atoms with van der Waals surface area (Å²) in [7, 11) is 3.46. The molecule has 0 bridgehead atoms. The Hall–Kier alpha value is -4.77. The second-order valence-electron chi connectivity index (χ2n) is 24.9. The van der Waals surface area contributed by atoms with Gasteiger partial charge in [-0.3, -0.25) is 0 Å². The van der Waals surface area contributed by atoms with Gasteiger partial charge >= 0.3 is 0 Å². The van der Waals surface area contributed by atoms with Gasteiger partial charge in [0, 0.05) is 19.6 Å². The number of aliphatic hydroxyl groups is 1. The molecule has 3 atom stereocenters. The number of aryl methyl sites for hydroxylation is 6. The highest BCUT2D eigenvalue weighted by Crippen LogP contribution is 2.35. The monoisotopic (exact) mass is 1200 g/mol. The van der Waals surface area contributed by atoms with Gasteiger partial charge in [0.25, 0.3) is 0 Å². The highest BCUT2D eigenvalue weighted by molar-refractivity contribution is 5.48. The Balaban J connectivity index is -0.000000233. The Morgan fingerprint density at radius 2 is 0.647 bits per heavy atom. The van der Waals surface area contributed by atoms with Crippen molar-refractivity contribution < 1.29 is 47.8 Å². The second-order valence-corrected chi connectivity index (χ2v) is 24.9. The molecule has 0 aromatic heterocycles. The summed E-state index contributed by atoms with van der Waals surface area (Å²) in [6.45, 7) is 74.6. The second kappa shape index (κ2) is 48.3. The van der Waals surface area contributed by atoms with Crippen LogP contribution in [0.3, 0.4) is 0 Å². The van der Waals surface area contributed by atoms with Gasteiger partial charge in [-0.1, -0.05) is 161 Å². The van der Waals surface area contributed by atoms with Crippen molar-refractivity contribution in [2.75, 3.05) is 40.6 Å². The van der Waals surface area contributed by atoms with Crippen LogP contribution in [0, 0.1) is 69.6 Å². The molecular weight excluding hydrogens is 1060 g/mol. The maximum atomic E-state index is 9.44. The molecule has 0 amide bonds. The third kappa shape index (κ3) is 39.6. The van der Waals surface area contributed by atoms with Crippen LogP contribution in [-0.4, -0.2) is 82.1 Å². The Kier molecular flexibility index (Phi) is 51.9. The molecule has 3 aromatic rings. The van der Waals surface area contributed by atoms with Crippen molar-refractivity contribution in [3.8, 4) is 34.5 Å². The Bertz CT molecular complexity index is 2050. The van der Waals surface area contributed by atoms with Gasteiger partial charge in [-0.15, -0.1) is 0 Å². The largest absolute Gasteiger partial charge is 0.490 e. The van der Waals surface area contributed by atoms with Crippen LogP contribution in [0.2, 0.25) is 0 Å². The molecule has 3 rings (SSSR count). The Morgan fingerprint density at radius 1 is 0.412 bits per heavy atom. The van der Waals surface area contributed by atoms with Crippen LogP contribution in [0.25, 0.3) is 0 Å². The van der Waals surface area contributed by atoms with Crippen LogP contribution >= 0.6 is 0 Å². The van der Waals surface area contributed by atoms with Gasteiger partial charge in [-0.25, -0.2) is 0 Å². The lowest BCUT2D eigenvalue weighted by Gasteiger charge is -2.31. The molecule has 10 nitrogen and oxygen atoms in total. The van der Waals surface area contributed by atoms with E-state index in [-0.39, 0.29) is 47.0 Å². The normalized spacial score (nSPS) is 12.4. The smallest absolute Gasteiger partial charge is 0.125 e. The number of methoxy groups -OCH3 is 2. The molecule has 0 aliphatic rings. The van der Waals surface area contributed by atoms with Crippen LogP contribution in [0.15, 0.2) is 72.9 Å². The van der Waals surface area contributed by atoms with Gasteiger partial charge in [-0.2, -0.15) is 0 Å². The van der Waals surface area contributed by atoms with Gasteiger partial charge in [0.05, 0.1) is 17.8 Å². The van der Waals surface area contributed by atoms with E-state index in [0.29, 0.717) is 31.2 Å². The van der Waals surface area contributed by atoms with Gasteiger partial charge in [-0.05, 0) is 203 Å². The van der Waals surface area contributed by atoms with Crippen LogP contribution < -0.4 is 28.4 Å². The first-order chi connectivity index (χ1) is 39.3. The van der Waals surface area contributed by atoms with Gasteiger partial charge < -0.3 is 47.8 Å². The van der Waals surface area contributed by atoms with Crippen molar-refractivity contribution in [2.45, 2.75) is 265 Å². The number of rotatable bonds is 21. The average molecular weight is 1200 g/mol. The Morgan fingerprint density at radius 3 is 0.824 bits per heavy atom. The molecular formula is C75H136O10. The average Bonchev–Trinajstić information content (AvgIpc) is 3.44. The summed E-state index contributed by atoms with van der Waals surface area (Å²) in [5.41, 5.74) is 6.54. The summed E-state index contributed by atoms with van der Waals surface area (Å²) in [6, 6.07) is 12.1. The number of carbonyl (C=O) groups excluding carboxylic acids is 1. The molecule has 0 saturated heterocycles. The predicted molar refractivity (Wildman–Crippen MR) is 372 cm³/mol. The number of hydrogen-bond acceptors (Lipinski definition) is 10. The molecule has 0 aliphatic carbocycles. The zero-order chi connectivity index (χ0) is 68.3. The first-order valence-corrected chi connectivity index (χ1v) is 31.4. The van der Waals surface area contributed by atoms with E-state index in [4.69, 9.17) is 42.7 Å². The van der Waals surface area contributed by atoms with Crippen LogP contribution in [0.4, 0.5) is 0 Å². The van der Waals surface area contributed by atoms with E-state index in [1.165, 1.54) is 0 Å². The summed E-state index contributed by atoms with van der Waals surface area (Å²) < 4.78 is 46.1. The maximum absolute atomic E-state index is 9.44. The molecule has 0 heterocycles. The highest BCUT2D eigenvalue weighted by atomic mass is 16.5.